The van der Waals surface area contributed by atoms with Crippen LogP contribution < -0.4 is 0 Å². The fourth-order valence-corrected chi connectivity index (χ4v) is 2.06. The van der Waals surface area contributed by atoms with Gasteiger partial charge in [0.2, 0.25) is 0 Å². The van der Waals surface area contributed by atoms with Crippen molar-refractivity contribution in [2.45, 2.75) is 33.2 Å². The highest BCUT2D eigenvalue weighted by Gasteiger charge is 2.32. The first-order valence-electron chi connectivity index (χ1n) is 6.27. The van der Waals surface area contributed by atoms with Crippen LogP contribution in [-0.2, 0) is 11.8 Å². The summed E-state index contributed by atoms with van der Waals surface area (Å²) < 4.78 is 3.22. The van der Waals surface area contributed by atoms with E-state index in [-0.39, 0.29) is 17.9 Å². The van der Waals surface area contributed by atoms with Crippen molar-refractivity contribution in [2.24, 2.45) is 12.5 Å². The molecule has 1 N–H and O–H groups in total. The van der Waals surface area contributed by atoms with Crippen LogP contribution in [0.25, 0.3) is 11.4 Å². The van der Waals surface area contributed by atoms with E-state index in [9.17, 15) is 4.79 Å². The fourth-order valence-electron chi connectivity index (χ4n) is 2.06. The number of aromatic nitrogens is 6. The minimum atomic E-state index is -0.877. The van der Waals surface area contributed by atoms with E-state index >= 15 is 0 Å². The molecule has 0 spiro atoms. The van der Waals surface area contributed by atoms with E-state index in [4.69, 9.17) is 5.11 Å². The monoisotopic (exact) mass is 278 g/mol. The topological polar surface area (TPSA) is 98.7 Å². The second-order valence-corrected chi connectivity index (χ2v) is 5.83. The van der Waals surface area contributed by atoms with E-state index in [1.165, 1.54) is 0 Å². The number of tetrazole rings is 1. The molecule has 0 aliphatic heterocycles. The van der Waals surface area contributed by atoms with Crippen molar-refractivity contribution < 1.29 is 9.90 Å². The predicted octanol–water partition coefficient (Wildman–Crippen LogP) is 1.14. The summed E-state index contributed by atoms with van der Waals surface area (Å²) in [6, 6.07) is -0.342. The maximum atomic E-state index is 11.1. The Balaban J connectivity index is 2.45. The first kappa shape index (κ1) is 14.2. The largest absolute Gasteiger partial charge is 0.481 e. The first-order valence-corrected chi connectivity index (χ1v) is 6.27. The molecule has 0 amide bonds. The van der Waals surface area contributed by atoms with Crippen molar-refractivity contribution in [2.75, 3.05) is 0 Å². The molecule has 108 valence electrons. The molecule has 0 saturated heterocycles. The Hall–Kier alpha value is -2.25. The van der Waals surface area contributed by atoms with Crippen molar-refractivity contribution in [1.82, 2.24) is 30.0 Å². The molecule has 8 heteroatoms. The maximum Gasteiger partial charge on any atom is 0.305 e. The summed E-state index contributed by atoms with van der Waals surface area (Å²) in [6.07, 6.45) is 3.41. The van der Waals surface area contributed by atoms with E-state index in [0.29, 0.717) is 5.82 Å². The highest BCUT2D eigenvalue weighted by molar-refractivity contribution is 5.67. The zero-order valence-electron chi connectivity index (χ0n) is 12.0. The first-order chi connectivity index (χ1) is 9.29. The van der Waals surface area contributed by atoms with Gasteiger partial charge in [-0.1, -0.05) is 20.8 Å². The summed E-state index contributed by atoms with van der Waals surface area (Å²) in [6.45, 7) is 5.90. The van der Waals surface area contributed by atoms with Gasteiger partial charge in [0, 0.05) is 13.2 Å². The number of carboxylic acids is 1. The van der Waals surface area contributed by atoms with Gasteiger partial charge in [0.15, 0.2) is 5.82 Å². The van der Waals surface area contributed by atoms with Gasteiger partial charge in [-0.25, -0.2) is 4.68 Å². The molecule has 0 fully saturated rings. The van der Waals surface area contributed by atoms with E-state index < -0.39 is 5.97 Å². The number of aryl methyl sites for hydroxylation is 1. The lowest BCUT2D eigenvalue weighted by atomic mass is 9.84. The lowest BCUT2D eigenvalue weighted by molar-refractivity contribution is -0.138. The fraction of sp³-hybridized carbons (Fsp3) is 0.583. The Labute approximate surface area is 116 Å². The van der Waals surface area contributed by atoms with Gasteiger partial charge in [0.05, 0.1) is 24.2 Å². The Kier molecular flexibility index (Phi) is 3.56. The molecule has 2 aromatic rings. The summed E-state index contributed by atoms with van der Waals surface area (Å²) in [7, 11) is 1.80. The minimum Gasteiger partial charge on any atom is -0.481 e. The van der Waals surface area contributed by atoms with Gasteiger partial charge in [-0.15, -0.1) is 5.10 Å². The standard InChI is InChI=1S/C12H18N6O2/c1-12(2,3)9(5-10(19)20)18-11(14-15-16-18)8-6-13-17(4)7-8/h6-7,9H,5H2,1-4H3,(H,19,20). The summed E-state index contributed by atoms with van der Waals surface area (Å²) in [5.74, 6) is -0.350. The molecule has 1 atom stereocenters. The number of hydrogen-bond acceptors (Lipinski definition) is 5. The van der Waals surface area contributed by atoms with Crippen LogP contribution in [0.1, 0.15) is 33.2 Å². The van der Waals surface area contributed by atoms with Gasteiger partial charge in [0.25, 0.3) is 0 Å². The number of hydrogen-bond donors (Lipinski definition) is 1. The van der Waals surface area contributed by atoms with Gasteiger partial charge < -0.3 is 5.11 Å². The number of aliphatic carboxylic acids is 1. The summed E-state index contributed by atoms with van der Waals surface area (Å²) in [5.41, 5.74) is 0.474. The van der Waals surface area contributed by atoms with Crippen molar-refractivity contribution in [3.8, 4) is 11.4 Å². The molecule has 2 heterocycles. The zero-order chi connectivity index (χ0) is 14.9. The smallest absolute Gasteiger partial charge is 0.305 e. The van der Waals surface area contributed by atoms with Gasteiger partial charge in [-0.2, -0.15) is 5.10 Å². The minimum absolute atomic E-state index is 0.0399. The highest BCUT2D eigenvalue weighted by atomic mass is 16.4. The van der Waals surface area contributed by atoms with E-state index in [1.54, 1.807) is 28.8 Å². The molecule has 0 aliphatic rings. The summed E-state index contributed by atoms with van der Waals surface area (Å²) in [5, 5.41) is 24.9. The third-order valence-corrected chi connectivity index (χ3v) is 3.12. The molecule has 0 aliphatic carbocycles. The average molecular weight is 278 g/mol. The molecule has 0 bridgehead atoms. The molecule has 20 heavy (non-hydrogen) atoms. The highest BCUT2D eigenvalue weighted by Crippen LogP contribution is 2.35. The number of carboxylic acid groups (broad SMARTS) is 1. The summed E-state index contributed by atoms with van der Waals surface area (Å²) >= 11 is 0. The SMILES string of the molecule is Cn1cc(-c2nnnn2C(CC(=O)O)C(C)(C)C)cn1. The van der Waals surface area contributed by atoms with Crippen LogP contribution in [0.3, 0.4) is 0 Å². The third kappa shape index (κ3) is 2.84. The van der Waals surface area contributed by atoms with Crippen LogP contribution in [0.5, 0.6) is 0 Å². The predicted molar refractivity (Wildman–Crippen MR) is 70.8 cm³/mol. The van der Waals surface area contributed by atoms with Crippen molar-refractivity contribution in [3.05, 3.63) is 12.4 Å². The van der Waals surface area contributed by atoms with Crippen LogP contribution in [0.2, 0.25) is 0 Å². The molecule has 8 nitrogen and oxygen atoms in total. The van der Waals surface area contributed by atoms with Gasteiger partial charge in [-0.3, -0.25) is 9.48 Å². The molecule has 0 saturated carbocycles. The number of rotatable bonds is 4. The Morgan fingerprint density at radius 3 is 2.65 bits per heavy atom. The van der Waals surface area contributed by atoms with Crippen molar-refractivity contribution >= 4 is 5.97 Å². The average Bonchev–Trinajstić information content (AvgIpc) is 2.92. The Bertz CT molecular complexity index is 609. The maximum absolute atomic E-state index is 11.1. The van der Waals surface area contributed by atoms with Crippen LogP contribution in [0.4, 0.5) is 0 Å². The van der Waals surface area contributed by atoms with E-state index in [2.05, 4.69) is 20.6 Å². The Morgan fingerprint density at radius 1 is 1.45 bits per heavy atom. The Morgan fingerprint density at radius 2 is 2.15 bits per heavy atom. The summed E-state index contributed by atoms with van der Waals surface area (Å²) in [4.78, 5) is 11.1. The molecule has 0 aromatic carbocycles. The molecule has 2 rings (SSSR count). The second kappa shape index (κ2) is 5.03. The van der Waals surface area contributed by atoms with Crippen LogP contribution in [0.15, 0.2) is 12.4 Å². The molecular weight excluding hydrogens is 260 g/mol. The number of carbonyl (C=O) groups is 1. The molecule has 2 aromatic heterocycles. The lowest BCUT2D eigenvalue weighted by Gasteiger charge is -2.29. The van der Waals surface area contributed by atoms with Crippen molar-refractivity contribution in [1.29, 1.82) is 0 Å². The van der Waals surface area contributed by atoms with Crippen molar-refractivity contribution in [3.63, 3.8) is 0 Å². The second-order valence-electron chi connectivity index (χ2n) is 5.83. The lowest BCUT2D eigenvalue weighted by Crippen LogP contribution is -2.28. The van der Waals surface area contributed by atoms with E-state index in [0.717, 1.165) is 5.56 Å². The van der Waals surface area contributed by atoms with Crippen LogP contribution >= 0.6 is 0 Å². The van der Waals surface area contributed by atoms with Gasteiger partial charge in [-0.05, 0) is 15.8 Å². The normalized spacial score (nSPS) is 13.4. The number of nitrogens with zero attached hydrogens (tertiary/aromatic N) is 6. The molecule has 1 unspecified atom stereocenters. The van der Waals surface area contributed by atoms with Gasteiger partial charge >= 0.3 is 5.97 Å². The quantitative estimate of drug-likeness (QED) is 0.900. The van der Waals surface area contributed by atoms with Crippen LogP contribution in [0, 0.1) is 5.41 Å². The third-order valence-electron chi connectivity index (χ3n) is 3.12. The molecule has 0 radical (unpaired) electrons. The van der Waals surface area contributed by atoms with Gasteiger partial charge in [0.1, 0.15) is 0 Å². The van der Waals surface area contributed by atoms with E-state index in [1.807, 2.05) is 20.8 Å². The van der Waals surface area contributed by atoms with Crippen LogP contribution in [-0.4, -0.2) is 41.1 Å². The zero-order valence-corrected chi connectivity index (χ0v) is 12.0. The molecular formula is C12H18N6O2.